The number of hydroxylamine groups is 2. The highest BCUT2D eigenvalue weighted by Crippen LogP contribution is 2.42. The van der Waals surface area contributed by atoms with Gasteiger partial charge >= 0.3 is 0 Å². The zero-order valence-corrected chi connectivity index (χ0v) is 18.4. The van der Waals surface area contributed by atoms with Crippen LogP contribution in [0.2, 0.25) is 0 Å². The van der Waals surface area contributed by atoms with Crippen molar-refractivity contribution in [2.75, 3.05) is 28.4 Å². The van der Waals surface area contributed by atoms with Crippen molar-refractivity contribution in [1.82, 2.24) is 5.06 Å². The Hall–Kier alpha value is -2.01. The molecule has 1 aliphatic rings. The number of benzene rings is 1. The second kappa shape index (κ2) is 13.2. The molecule has 0 spiro atoms. The number of carbonyl (C=O) groups is 1. The van der Waals surface area contributed by atoms with Crippen LogP contribution in [-0.4, -0.2) is 39.9 Å². The molecule has 0 saturated heterocycles. The van der Waals surface area contributed by atoms with E-state index in [0.29, 0.717) is 12.3 Å². The van der Waals surface area contributed by atoms with Gasteiger partial charge in [0.2, 0.25) is 6.41 Å². The van der Waals surface area contributed by atoms with Gasteiger partial charge in [-0.25, -0.2) is 5.06 Å². The van der Waals surface area contributed by atoms with Gasteiger partial charge in [0.25, 0.3) is 0 Å². The minimum atomic E-state index is 0.420. The summed E-state index contributed by atoms with van der Waals surface area (Å²) in [5, 5.41) is 1.07. The summed E-state index contributed by atoms with van der Waals surface area (Å²) in [4.78, 5) is 13.9. The summed E-state index contributed by atoms with van der Waals surface area (Å²) in [6.07, 6.45) is 11.5. The average molecular weight is 392 g/mol. The summed E-state index contributed by atoms with van der Waals surface area (Å²) in [6, 6.07) is 4.43. The van der Waals surface area contributed by atoms with Crippen molar-refractivity contribution in [1.29, 1.82) is 0 Å². The average Bonchev–Trinajstić information content (AvgIpc) is 2.72. The molecule has 5 nitrogen and oxygen atoms in total. The van der Waals surface area contributed by atoms with Crippen LogP contribution >= 0.6 is 0 Å². The Balaban J connectivity index is 0.000000568. The molecule has 0 heterocycles. The third-order valence-corrected chi connectivity index (χ3v) is 5.05. The molecule has 1 atom stereocenters. The summed E-state index contributed by atoms with van der Waals surface area (Å²) in [5.74, 6) is 2.40. The highest BCUT2D eigenvalue weighted by molar-refractivity contribution is 5.52. The first-order valence-corrected chi connectivity index (χ1v) is 10.1. The number of hydrogen-bond acceptors (Lipinski definition) is 4. The first-order valence-electron chi connectivity index (χ1n) is 10.1. The maximum atomic E-state index is 9.54. The van der Waals surface area contributed by atoms with Gasteiger partial charge in [0, 0.05) is 18.5 Å². The van der Waals surface area contributed by atoms with Gasteiger partial charge in [0.15, 0.2) is 0 Å². The zero-order valence-electron chi connectivity index (χ0n) is 18.4. The van der Waals surface area contributed by atoms with Crippen LogP contribution in [0.3, 0.4) is 0 Å². The summed E-state index contributed by atoms with van der Waals surface area (Å²) < 4.78 is 11.4. The van der Waals surface area contributed by atoms with Gasteiger partial charge in [0.05, 0.1) is 21.3 Å². The molecule has 0 bridgehead atoms. The number of hydrogen-bond donors (Lipinski definition) is 0. The van der Waals surface area contributed by atoms with E-state index in [0.717, 1.165) is 23.0 Å². The van der Waals surface area contributed by atoms with Crippen LogP contribution in [0.4, 0.5) is 0 Å². The Morgan fingerprint density at radius 3 is 2.21 bits per heavy atom. The fourth-order valence-corrected chi connectivity index (χ4v) is 3.46. The van der Waals surface area contributed by atoms with Gasteiger partial charge < -0.3 is 9.47 Å². The lowest BCUT2D eigenvalue weighted by molar-refractivity contribution is -0.153. The first-order chi connectivity index (χ1) is 13.5. The molecule has 0 aromatic heterocycles. The lowest BCUT2D eigenvalue weighted by Crippen LogP contribution is -2.12. The lowest BCUT2D eigenvalue weighted by Gasteiger charge is -2.24. The molecule has 0 saturated carbocycles. The predicted octanol–water partition coefficient (Wildman–Crippen LogP) is 5.29. The van der Waals surface area contributed by atoms with E-state index < -0.39 is 0 Å². The highest BCUT2D eigenvalue weighted by atomic mass is 16.7. The van der Waals surface area contributed by atoms with E-state index in [-0.39, 0.29) is 0 Å². The predicted molar refractivity (Wildman–Crippen MR) is 114 cm³/mol. The molecule has 0 fully saturated rings. The Morgan fingerprint density at radius 2 is 1.79 bits per heavy atom. The van der Waals surface area contributed by atoms with Crippen molar-refractivity contribution < 1.29 is 19.1 Å². The third kappa shape index (κ3) is 7.55. The van der Waals surface area contributed by atoms with E-state index in [4.69, 9.17) is 9.47 Å². The molecule has 28 heavy (non-hydrogen) atoms. The van der Waals surface area contributed by atoms with Crippen molar-refractivity contribution >= 4 is 6.41 Å². The molecule has 158 valence electrons. The number of nitrogens with zero attached hydrogens (tertiary/aromatic N) is 1. The molecule has 0 N–H and O–H groups in total. The number of aryl methyl sites for hydroxylation is 1. The van der Waals surface area contributed by atoms with Crippen LogP contribution in [0.25, 0.3) is 0 Å². The van der Waals surface area contributed by atoms with Crippen LogP contribution < -0.4 is 9.47 Å². The normalized spacial score (nSPS) is 15.8. The summed E-state index contributed by atoms with van der Waals surface area (Å²) in [5.41, 5.74) is 4.03. The van der Waals surface area contributed by atoms with Crippen LogP contribution in [0.15, 0.2) is 23.8 Å². The van der Waals surface area contributed by atoms with E-state index in [9.17, 15) is 4.79 Å². The van der Waals surface area contributed by atoms with Crippen LogP contribution in [0.5, 0.6) is 11.5 Å². The van der Waals surface area contributed by atoms with Gasteiger partial charge in [-0.3, -0.25) is 9.63 Å². The van der Waals surface area contributed by atoms with E-state index in [1.807, 2.05) is 0 Å². The Labute approximate surface area is 170 Å². The Kier molecular flexibility index (Phi) is 11.3. The van der Waals surface area contributed by atoms with Crippen molar-refractivity contribution in [2.45, 2.75) is 64.7 Å². The molecule has 1 aromatic carbocycles. The summed E-state index contributed by atoms with van der Waals surface area (Å²) >= 11 is 0. The van der Waals surface area contributed by atoms with E-state index in [2.05, 4.69) is 36.9 Å². The van der Waals surface area contributed by atoms with E-state index in [1.165, 1.54) is 69.4 Å². The summed E-state index contributed by atoms with van der Waals surface area (Å²) in [6.45, 7) is 4.46. The van der Waals surface area contributed by atoms with Crippen molar-refractivity contribution in [3.63, 3.8) is 0 Å². The topological polar surface area (TPSA) is 48.0 Å². The monoisotopic (exact) mass is 391 g/mol. The fraction of sp³-hybridized carbons (Fsp3) is 0.609. The van der Waals surface area contributed by atoms with Gasteiger partial charge in [-0.1, -0.05) is 31.4 Å². The van der Waals surface area contributed by atoms with Gasteiger partial charge in [-0.2, -0.15) is 0 Å². The molecule has 2 rings (SSSR count). The zero-order chi connectivity index (χ0) is 20.9. The van der Waals surface area contributed by atoms with Crippen LogP contribution in [0.1, 0.15) is 69.4 Å². The van der Waals surface area contributed by atoms with E-state index >= 15 is 0 Å². The van der Waals surface area contributed by atoms with E-state index in [1.54, 1.807) is 14.2 Å². The number of carbonyl (C=O) groups excluding carboxylic acids is 1. The minimum Gasteiger partial charge on any atom is -0.496 e. The molecule has 0 radical (unpaired) electrons. The number of amides is 1. The summed E-state index contributed by atoms with van der Waals surface area (Å²) in [7, 11) is 6.49. The molecule has 1 aromatic rings. The van der Waals surface area contributed by atoms with Crippen LogP contribution in [-0.2, 0) is 16.1 Å². The minimum absolute atomic E-state index is 0.420. The number of rotatable bonds is 9. The highest BCUT2D eigenvalue weighted by Gasteiger charge is 2.22. The fourth-order valence-electron chi connectivity index (χ4n) is 3.46. The number of ether oxygens (including phenoxy) is 2. The first kappa shape index (κ1) is 24.0. The third-order valence-electron chi connectivity index (χ3n) is 5.05. The number of methoxy groups -OCH3 is 2. The Bertz CT molecular complexity index is 602. The van der Waals surface area contributed by atoms with Crippen molar-refractivity contribution in [3.8, 4) is 11.5 Å². The van der Waals surface area contributed by atoms with Gasteiger partial charge in [0.1, 0.15) is 11.5 Å². The molecule has 5 heteroatoms. The largest absolute Gasteiger partial charge is 0.496 e. The smallest absolute Gasteiger partial charge is 0.233 e. The van der Waals surface area contributed by atoms with Gasteiger partial charge in [-0.15, -0.1) is 0 Å². The second-order valence-corrected chi connectivity index (χ2v) is 7.22. The molecule has 0 aliphatic heterocycles. The Morgan fingerprint density at radius 1 is 1.14 bits per heavy atom. The SMILES string of the molecule is CCCCCc1cc(OC)c(C2C=C(C)CCC2)c(OC)c1.CON(C)C=O. The lowest BCUT2D eigenvalue weighted by atomic mass is 9.84. The standard InChI is InChI=1S/C20H30O2.C3H7NO2/c1-5-6-7-10-16-13-18(21-3)20(19(14-16)22-4)17-11-8-9-15(2)12-17;1-4(3-5)6-2/h12-14,17H,5-11H2,1-4H3;3H,1-2H3. The maximum Gasteiger partial charge on any atom is 0.233 e. The van der Waals surface area contributed by atoms with Crippen molar-refractivity contribution in [3.05, 3.63) is 34.9 Å². The molecular formula is C23H37NO4. The number of unbranched alkanes of at least 4 members (excludes halogenated alkanes) is 2. The number of allylic oxidation sites excluding steroid dienone is 2. The molecular weight excluding hydrogens is 354 g/mol. The van der Waals surface area contributed by atoms with Gasteiger partial charge in [-0.05, 0) is 56.7 Å². The van der Waals surface area contributed by atoms with Crippen molar-refractivity contribution in [2.24, 2.45) is 0 Å². The van der Waals surface area contributed by atoms with Crippen LogP contribution in [0, 0.1) is 0 Å². The maximum absolute atomic E-state index is 9.54. The molecule has 1 aliphatic carbocycles. The molecule has 1 unspecified atom stereocenters. The molecule has 1 amide bonds. The quantitative estimate of drug-likeness (QED) is 0.248. The second-order valence-electron chi connectivity index (χ2n) is 7.22.